The minimum absolute atomic E-state index is 0.0133. The van der Waals surface area contributed by atoms with Crippen molar-refractivity contribution >= 4 is 34.6 Å². The van der Waals surface area contributed by atoms with Crippen molar-refractivity contribution < 1.29 is 4.79 Å². The van der Waals surface area contributed by atoms with Gasteiger partial charge in [-0.3, -0.25) is 9.69 Å². The average molecular weight is 350 g/mol. The molecular formula is C19H18N4OS. The van der Waals surface area contributed by atoms with E-state index in [-0.39, 0.29) is 5.91 Å². The third kappa shape index (κ3) is 2.12. The normalized spacial score (nSPS) is 18.6. The fourth-order valence-corrected chi connectivity index (χ4v) is 4.15. The lowest BCUT2D eigenvalue weighted by Gasteiger charge is -2.43. The molecule has 1 amide bonds. The van der Waals surface area contributed by atoms with Crippen molar-refractivity contribution in [3.05, 3.63) is 47.8 Å². The van der Waals surface area contributed by atoms with Gasteiger partial charge in [0, 0.05) is 18.9 Å². The lowest BCUT2D eigenvalue weighted by Crippen LogP contribution is -2.55. The Balaban J connectivity index is 1.81. The summed E-state index contributed by atoms with van der Waals surface area (Å²) in [5, 5.41) is 9.69. The Bertz CT molecular complexity index is 918. The highest BCUT2D eigenvalue weighted by Gasteiger charge is 2.59. The van der Waals surface area contributed by atoms with Gasteiger partial charge in [0.05, 0.1) is 5.69 Å². The molecule has 1 aromatic heterocycles. The summed E-state index contributed by atoms with van der Waals surface area (Å²) in [6.07, 6.45) is 4.40. The molecule has 6 heteroatoms. The van der Waals surface area contributed by atoms with Crippen molar-refractivity contribution in [1.29, 1.82) is 5.26 Å². The van der Waals surface area contributed by atoms with Gasteiger partial charge in [0.15, 0.2) is 5.11 Å². The van der Waals surface area contributed by atoms with E-state index in [4.69, 9.17) is 12.2 Å². The second-order valence-electron chi connectivity index (χ2n) is 6.79. The summed E-state index contributed by atoms with van der Waals surface area (Å²) in [7, 11) is 1.79. The molecule has 1 saturated heterocycles. The molecule has 2 aliphatic rings. The number of thiocarbonyl (C=S) groups is 1. The van der Waals surface area contributed by atoms with Crippen LogP contribution in [-0.4, -0.2) is 21.1 Å². The van der Waals surface area contributed by atoms with Crippen LogP contribution in [0.3, 0.4) is 0 Å². The number of amides is 1. The molecule has 0 unspecified atom stereocenters. The highest BCUT2D eigenvalue weighted by atomic mass is 32.1. The molecule has 1 aliphatic carbocycles. The second kappa shape index (κ2) is 5.43. The average Bonchev–Trinajstić information content (AvgIpc) is 3.02. The zero-order chi connectivity index (χ0) is 17.8. The van der Waals surface area contributed by atoms with Gasteiger partial charge in [0.2, 0.25) is 0 Å². The number of benzene rings is 1. The van der Waals surface area contributed by atoms with Crippen molar-refractivity contribution in [2.24, 2.45) is 7.05 Å². The van der Waals surface area contributed by atoms with Crippen LogP contribution in [0, 0.1) is 18.3 Å². The zero-order valence-corrected chi connectivity index (χ0v) is 15.0. The summed E-state index contributed by atoms with van der Waals surface area (Å²) in [5.41, 5.74) is 2.70. The first-order valence-electron chi connectivity index (χ1n) is 8.30. The molecule has 2 heterocycles. The predicted octanol–water partition coefficient (Wildman–Crippen LogP) is 3.27. The standard InChI is InChI=1S/C19H18N4OS/c1-13-4-6-14(7-5-13)23-18(25)22(17(24)19(23)8-3-9-19)16-10-15(11-20)21(2)12-16/h4-7,10,12H,3,8-9H2,1-2H3. The minimum atomic E-state index is -0.574. The molecule has 25 heavy (non-hydrogen) atoms. The molecular weight excluding hydrogens is 332 g/mol. The topological polar surface area (TPSA) is 52.3 Å². The number of aryl methyl sites for hydroxylation is 2. The van der Waals surface area contributed by atoms with Gasteiger partial charge in [-0.15, -0.1) is 0 Å². The van der Waals surface area contributed by atoms with Crippen LogP contribution in [0.1, 0.15) is 30.5 Å². The Hall–Kier alpha value is -2.65. The zero-order valence-electron chi connectivity index (χ0n) is 14.2. The van der Waals surface area contributed by atoms with E-state index in [9.17, 15) is 10.1 Å². The molecule has 0 radical (unpaired) electrons. The van der Waals surface area contributed by atoms with Crippen molar-refractivity contribution in [3.63, 3.8) is 0 Å². The van der Waals surface area contributed by atoms with Crippen LogP contribution in [0.2, 0.25) is 0 Å². The number of rotatable bonds is 2. The Labute approximate surface area is 152 Å². The van der Waals surface area contributed by atoms with Gasteiger partial charge >= 0.3 is 0 Å². The highest BCUT2D eigenvalue weighted by Crippen LogP contribution is 2.47. The Morgan fingerprint density at radius 1 is 1.20 bits per heavy atom. The van der Waals surface area contributed by atoms with E-state index in [2.05, 4.69) is 6.07 Å². The molecule has 0 bridgehead atoms. The Morgan fingerprint density at radius 3 is 2.40 bits per heavy atom. The molecule has 126 valence electrons. The molecule has 0 atom stereocenters. The molecule has 1 saturated carbocycles. The maximum Gasteiger partial charge on any atom is 0.259 e. The SMILES string of the molecule is Cc1ccc(N2C(=S)N(c3cc(C#N)n(C)c3)C(=O)C23CCC3)cc1. The predicted molar refractivity (Wildman–Crippen MR) is 100 cm³/mol. The molecule has 1 aromatic carbocycles. The van der Waals surface area contributed by atoms with Crippen LogP contribution < -0.4 is 9.80 Å². The highest BCUT2D eigenvalue weighted by molar-refractivity contribution is 7.81. The number of carbonyl (C=O) groups excluding carboxylic acids is 1. The summed E-state index contributed by atoms with van der Waals surface area (Å²) in [4.78, 5) is 16.9. The summed E-state index contributed by atoms with van der Waals surface area (Å²) < 4.78 is 1.72. The summed E-state index contributed by atoms with van der Waals surface area (Å²) in [5.74, 6) is 0.0133. The largest absolute Gasteiger partial charge is 0.340 e. The smallest absolute Gasteiger partial charge is 0.259 e. The van der Waals surface area contributed by atoms with Crippen molar-refractivity contribution in [3.8, 4) is 6.07 Å². The molecule has 5 nitrogen and oxygen atoms in total. The van der Waals surface area contributed by atoms with E-state index in [1.807, 2.05) is 36.1 Å². The quantitative estimate of drug-likeness (QED) is 0.780. The first-order chi connectivity index (χ1) is 12.0. The maximum absolute atomic E-state index is 13.3. The lowest BCUT2D eigenvalue weighted by atomic mass is 9.75. The van der Waals surface area contributed by atoms with Crippen molar-refractivity contribution in [2.75, 3.05) is 9.80 Å². The van der Waals surface area contributed by atoms with Gasteiger partial charge in [0.1, 0.15) is 17.3 Å². The van der Waals surface area contributed by atoms with Crippen LogP contribution in [0.25, 0.3) is 0 Å². The van der Waals surface area contributed by atoms with Gasteiger partial charge in [-0.1, -0.05) is 17.7 Å². The summed E-state index contributed by atoms with van der Waals surface area (Å²) in [6.45, 7) is 2.04. The number of nitriles is 1. The van der Waals surface area contributed by atoms with E-state index < -0.39 is 5.54 Å². The number of nitrogens with zero attached hydrogens (tertiary/aromatic N) is 4. The molecule has 0 N–H and O–H groups in total. The number of carbonyl (C=O) groups is 1. The monoisotopic (exact) mass is 350 g/mol. The van der Waals surface area contributed by atoms with E-state index in [1.54, 1.807) is 28.8 Å². The molecule has 1 aliphatic heterocycles. The van der Waals surface area contributed by atoms with E-state index in [0.29, 0.717) is 16.5 Å². The van der Waals surface area contributed by atoms with E-state index in [0.717, 1.165) is 24.9 Å². The third-order valence-corrected chi connectivity index (χ3v) is 5.61. The minimum Gasteiger partial charge on any atom is -0.340 e. The molecule has 2 aromatic rings. The maximum atomic E-state index is 13.3. The Morgan fingerprint density at radius 2 is 1.88 bits per heavy atom. The first kappa shape index (κ1) is 15.9. The van der Waals surface area contributed by atoms with Crippen LogP contribution in [0.5, 0.6) is 0 Å². The van der Waals surface area contributed by atoms with E-state index in [1.165, 1.54) is 5.56 Å². The van der Waals surface area contributed by atoms with Crippen molar-refractivity contribution in [2.45, 2.75) is 31.7 Å². The number of aromatic nitrogens is 1. The number of hydrogen-bond acceptors (Lipinski definition) is 3. The lowest BCUT2D eigenvalue weighted by molar-refractivity contribution is -0.123. The van der Waals surface area contributed by atoms with Gasteiger partial charge in [-0.05, 0) is 56.6 Å². The van der Waals surface area contributed by atoms with Crippen LogP contribution in [0.15, 0.2) is 36.5 Å². The fraction of sp³-hybridized carbons (Fsp3) is 0.316. The van der Waals surface area contributed by atoms with Crippen molar-refractivity contribution in [1.82, 2.24) is 4.57 Å². The number of hydrogen-bond donors (Lipinski definition) is 0. The first-order valence-corrected chi connectivity index (χ1v) is 8.71. The molecule has 1 spiro atoms. The molecule has 4 rings (SSSR count). The van der Waals surface area contributed by atoms with Crippen LogP contribution in [0.4, 0.5) is 11.4 Å². The second-order valence-corrected chi connectivity index (χ2v) is 7.15. The van der Waals surface area contributed by atoms with Gasteiger partial charge in [-0.25, -0.2) is 0 Å². The third-order valence-electron chi connectivity index (χ3n) is 5.25. The molecule has 2 fully saturated rings. The number of anilines is 2. The van der Waals surface area contributed by atoms with Gasteiger partial charge in [0.25, 0.3) is 5.91 Å². The van der Waals surface area contributed by atoms with Gasteiger partial charge in [-0.2, -0.15) is 5.26 Å². The Kier molecular flexibility index (Phi) is 3.44. The van der Waals surface area contributed by atoms with Crippen LogP contribution in [-0.2, 0) is 11.8 Å². The van der Waals surface area contributed by atoms with E-state index >= 15 is 0 Å². The van der Waals surface area contributed by atoms with Crippen LogP contribution >= 0.6 is 12.2 Å². The summed E-state index contributed by atoms with van der Waals surface area (Å²) in [6, 6.07) is 12.0. The summed E-state index contributed by atoms with van der Waals surface area (Å²) >= 11 is 5.71. The fourth-order valence-electron chi connectivity index (χ4n) is 3.68. The van der Waals surface area contributed by atoms with Gasteiger partial charge < -0.3 is 9.47 Å².